The number of benzene rings is 2. The maximum Gasteiger partial charge on any atom is 0.241 e. The van der Waals surface area contributed by atoms with Gasteiger partial charge in [-0.15, -0.1) is 0 Å². The standard InChI is InChI=1S/C25H30N4O2/c1-19-11-12-23(16-20(19)2)29(15-7-13-26)24(30)18-28-14-6-8-21(17-28)25(31)27-22-9-4-3-5-10-22/h3-5,9-12,16,21H,6-8,14-15,17-18H2,1-2H3,(H,27,31). The maximum absolute atomic E-state index is 13.2. The molecule has 0 aromatic heterocycles. The number of hydrogen-bond acceptors (Lipinski definition) is 4. The van der Waals surface area contributed by atoms with Gasteiger partial charge in [0.05, 0.1) is 25.0 Å². The number of carbonyl (C=O) groups is 2. The molecule has 1 aliphatic rings. The fraction of sp³-hybridized carbons (Fsp3) is 0.400. The predicted octanol–water partition coefficient (Wildman–Crippen LogP) is 3.90. The molecule has 2 aromatic carbocycles. The number of nitrogens with zero attached hydrogens (tertiary/aromatic N) is 3. The van der Waals surface area contributed by atoms with E-state index in [0.717, 1.165) is 36.3 Å². The number of rotatable bonds is 7. The molecule has 1 saturated heterocycles. The molecule has 6 heteroatoms. The van der Waals surface area contributed by atoms with Crippen molar-refractivity contribution >= 4 is 23.2 Å². The van der Waals surface area contributed by atoms with E-state index < -0.39 is 0 Å². The third kappa shape index (κ3) is 6.16. The summed E-state index contributed by atoms with van der Waals surface area (Å²) in [5, 5.41) is 12.0. The first-order chi connectivity index (χ1) is 15.0. The van der Waals surface area contributed by atoms with Crippen molar-refractivity contribution in [2.75, 3.05) is 36.4 Å². The Labute approximate surface area is 184 Å². The highest BCUT2D eigenvalue weighted by Crippen LogP contribution is 2.22. The van der Waals surface area contributed by atoms with Crippen LogP contribution in [0.25, 0.3) is 0 Å². The molecule has 0 radical (unpaired) electrons. The summed E-state index contributed by atoms with van der Waals surface area (Å²) in [6.45, 7) is 6.02. The number of hydrogen-bond donors (Lipinski definition) is 1. The molecular formula is C25H30N4O2. The first-order valence-electron chi connectivity index (χ1n) is 10.8. The van der Waals surface area contributed by atoms with Gasteiger partial charge in [0.1, 0.15) is 0 Å². The molecule has 3 rings (SSSR count). The zero-order chi connectivity index (χ0) is 22.2. The van der Waals surface area contributed by atoms with E-state index in [9.17, 15) is 9.59 Å². The van der Waals surface area contributed by atoms with Crippen LogP contribution in [0.15, 0.2) is 48.5 Å². The molecule has 1 aliphatic heterocycles. The molecule has 6 nitrogen and oxygen atoms in total. The monoisotopic (exact) mass is 418 g/mol. The maximum atomic E-state index is 13.2. The van der Waals surface area contributed by atoms with Crippen molar-refractivity contribution in [1.82, 2.24) is 4.90 Å². The zero-order valence-corrected chi connectivity index (χ0v) is 18.3. The summed E-state index contributed by atoms with van der Waals surface area (Å²) >= 11 is 0. The molecule has 2 aromatic rings. The van der Waals surface area contributed by atoms with E-state index in [1.54, 1.807) is 4.90 Å². The molecule has 1 unspecified atom stereocenters. The molecule has 0 aliphatic carbocycles. The van der Waals surface area contributed by atoms with Crippen molar-refractivity contribution in [2.45, 2.75) is 33.1 Å². The Morgan fingerprint density at radius 2 is 1.94 bits per heavy atom. The Morgan fingerprint density at radius 1 is 1.16 bits per heavy atom. The van der Waals surface area contributed by atoms with Crippen LogP contribution < -0.4 is 10.2 Å². The Kier molecular flexibility index (Phi) is 7.80. The molecule has 1 heterocycles. The number of likely N-dealkylation sites (tertiary alicyclic amines) is 1. The van der Waals surface area contributed by atoms with Gasteiger partial charge in [-0.1, -0.05) is 24.3 Å². The topological polar surface area (TPSA) is 76.4 Å². The van der Waals surface area contributed by atoms with Gasteiger partial charge in [0.15, 0.2) is 0 Å². The number of amides is 2. The normalized spacial score (nSPS) is 16.4. The van der Waals surface area contributed by atoms with Crippen LogP contribution in [-0.2, 0) is 9.59 Å². The average Bonchev–Trinajstić information content (AvgIpc) is 2.77. The van der Waals surface area contributed by atoms with Crippen molar-refractivity contribution in [3.05, 3.63) is 59.7 Å². The Balaban J connectivity index is 1.64. The summed E-state index contributed by atoms with van der Waals surface area (Å²) in [6, 6.07) is 17.5. The molecule has 2 amide bonds. The van der Waals surface area contributed by atoms with Gasteiger partial charge in [-0.2, -0.15) is 5.26 Å². The molecule has 162 valence electrons. The average molecular weight is 419 g/mol. The van der Waals surface area contributed by atoms with Gasteiger partial charge in [-0.05, 0) is 68.6 Å². The van der Waals surface area contributed by atoms with E-state index in [4.69, 9.17) is 5.26 Å². The molecule has 1 atom stereocenters. The smallest absolute Gasteiger partial charge is 0.241 e. The van der Waals surface area contributed by atoms with Gasteiger partial charge in [0, 0.05) is 24.5 Å². The summed E-state index contributed by atoms with van der Waals surface area (Å²) in [5.74, 6) is -0.183. The van der Waals surface area contributed by atoms with Crippen LogP contribution in [0.3, 0.4) is 0 Å². The predicted molar refractivity (Wildman–Crippen MR) is 123 cm³/mol. The van der Waals surface area contributed by atoms with E-state index in [1.807, 2.05) is 62.4 Å². The Morgan fingerprint density at radius 3 is 2.65 bits per heavy atom. The number of nitriles is 1. The summed E-state index contributed by atoms with van der Waals surface area (Å²) < 4.78 is 0. The first-order valence-corrected chi connectivity index (χ1v) is 10.8. The SMILES string of the molecule is Cc1ccc(N(CCC#N)C(=O)CN2CCCC(C(=O)Nc3ccccc3)C2)cc1C. The van der Waals surface area contributed by atoms with Crippen LogP contribution in [-0.4, -0.2) is 42.9 Å². The number of carbonyl (C=O) groups excluding carboxylic acids is 2. The minimum Gasteiger partial charge on any atom is -0.326 e. The second kappa shape index (κ2) is 10.7. The number of aryl methyl sites for hydroxylation is 2. The minimum atomic E-state index is -0.143. The van der Waals surface area contributed by atoms with Crippen LogP contribution >= 0.6 is 0 Å². The van der Waals surface area contributed by atoms with Gasteiger partial charge < -0.3 is 10.2 Å². The summed E-state index contributed by atoms with van der Waals surface area (Å²) in [7, 11) is 0. The van der Waals surface area contributed by atoms with Crippen molar-refractivity contribution in [3.8, 4) is 6.07 Å². The third-order valence-electron chi connectivity index (χ3n) is 5.83. The van der Waals surface area contributed by atoms with E-state index in [0.29, 0.717) is 13.1 Å². The van der Waals surface area contributed by atoms with Crippen molar-refractivity contribution in [1.29, 1.82) is 5.26 Å². The molecular weight excluding hydrogens is 388 g/mol. The summed E-state index contributed by atoms with van der Waals surface area (Å²) in [5.41, 5.74) is 3.89. The lowest BCUT2D eigenvalue weighted by atomic mass is 9.97. The lowest BCUT2D eigenvalue weighted by molar-refractivity contribution is -0.124. The Hall–Kier alpha value is -3.17. The number of para-hydroxylation sites is 1. The molecule has 1 fully saturated rings. The number of nitrogens with one attached hydrogen (secondary N) is 1. The zero-order valence-electron chi connectivity index (χ0n) is 18.3. The third-order valence-corrected chi connectivity index (χ3v) is 5.83. The number of piperidine rings is 1. The highest BCUT2D eigenvalue weighted by molar-refractivity contribution is 5.95. The van der Waals surface area contributed by atoms with Crippen LogP contribution in [0.2, 0.25) is 0 Å². The fourth-order valence-electron chi connectivity index (χ4n) is 3.91. The van der Waals surface area contributed by atoms with Crippen LogP contribution in [0.4, 0.5) is 11.4 Å². The van der Waals surface area contributed by atoms with E-state index >= 15 is 0 Å². The van der Waals surface area contributed by atoms with Crippen molar-refractivity contribution < 1.29 is 9.59 Å². The molecule has 0 spiro atoms. The second-order valence-electron chi connectivity index (χ2n) is 8.15. The molecule has 31 heavy (non-hydrogen) atoms. The van der Waals surface area contributed by atoms with E-state index in [1.165, 1.54) is 5.56 Å². The van der Waals surface area contributed by atoms with Crippen molar-refractivity contribution in [2.24, 2.45) is 5.92 Å². The molecule has 0 bridgehead atoms. The van der Waals surface area contributed by atoms with Gasteiger partial charge >= 0.3 is 0 Å². The summed E-state index contributed by atoms with van der Waals surface area (Å²) in [6.07, 6.45) is 1.97. The largest absolute Gasteiger partial charge is 0.326 e. The van der Waals surface area contributed by atoms with E-state index in [2.05, 4.69) is 16.3 Å². The van der Waals surface area contributed by atoms with Gasteiger partial charge in [0.25, 0.3) is 0 Å². The summed E-state index contributed by atoms with van der Waals surface area (Å²) in [4.78, 5) is 29.6. The highest BCUT2D eigenvalue weighted by atomic mass is 16.2. The second-order valence-corrected chi connectivity index (χ2v) is 8.15. The fourth-order valence-corrected chi connectivity index (χ4v) is 3.91. The van der Waals surface area contributed by atoms with Crippen molar-refractivity contribution in [3.63, 3.8) is 0 Å². The van der Waals surface area contributed by atoms with Crippen LogP contribution in [0.5, 0.6) is 0 Å². The van der Waals surface area contributed by atoms with Gasteiger partial charge in [-0.3, -0.25) is 14.5 Å². The first kappa shape index (κ1) is 22.5. The van der Waals surface area contributed by atoms with Gasteiger partial charge in [0.2, 0.25) is 11.8 Å². The Bertz CT molecular complexity index is 952. The number of anilines is 2. The quantitative estimate of drug-likeness (QED) is 0.740. The van der Waals surface area contributed by atoms with Crippen LogP contribution in [0, 0.1) is 31.1 Å². The minimum absolute atomic E-state index is 0.00107. The highest BCUT2D eigenvalue weighted by Gasteiger charge is 2.28. The van der Waals surface area contributed by atoms with Gasteiger partial charge in [-0.25, -0.2) is 0 Å². The molecule has 0 saturated carbocycles. The lowest BCUT2D eigenvalue weighted by Crippen LogP contribution is -2.46. The van der Waals surface area contributed by atoms with Crippen LogP contribution in [0.1, 0.15) is 30.4 Å². The lowest BCUT2D eigenvalue weighted by Gasteiger charge is -2.33. The molecule has 1 N–H and O–H groups in total. The van der Waals surface area contributed by atoms with E-state index in [-0.39, 0.29) is 30.7 Å².